The fourth-order valence-electron chi connectivity index (χ4n) is 1.81. The van der Waals surface area contributed by atoms with Gasteiger partial charge in [-0.25, -0.2) is 0 Å². The number of halogens is 3. The maximum Gasteiger partial charge on any atom is 0.0659 e. The summed E-state index contributed by atoms with van der Waals surface area (Å²) < 4.78 is 1.08. The van der Waals surface area contributed by atoms with Crippen molar-refractivity contribution in [1.29, 1.82) is 0 Å². The van der Waals surface area contributed by atoms with Crippen LogP contribution in [-0.2, 0) is 0 Å². The van der Waals surface area contributed by atoms with Gasteiger partial charge in [-0.1, -0.05) is 61.7 Å². The van der Waals surface area contributed by atoms with Crippen LogP contribution in [0, 0.1) is 13.8 Å². The smallest absolute Gasteiger partial charge is 0.0659 e. The van der Waals surface area contributed by atoms with Crippen molar-refractivity contribution in [3.8, 4) is 0 Å². The van der Waals surface area contributed by atoms with Crippen LogP contribution in [0.4, 0.5) is 0 Å². The SMILES string of the molecule is Cc1cc(Cl)c(C(Br)c2ccc(Br)cc2)cc1C. The van der Waals surface area contributed by atoms with E-state index in [2.05, 4.69) is 63.9 Å². The van der Waals surface area contributed by atoms with E-state index in [1.54, 1.807) is 0 Å². The Morgan fingerprint density at radius 1 is 1.00 bits per heavy atom. The number of alkyl halides is 1. The third-order valence-corrected chi connectivity index (χ3v) is 4.93. The van der Waals surface area contributed by atoms with Crippen molar-refractivity contribution >= 4 is 43.5 Å². The number of aryl methyl sites for hydroxylation is 2. The van der Waals surface area contributed by atoms with Gasteiger partial charge in [0.05, 0.1) is 4.83 Å². The van der Waals surface area contributed by atoms with Gasteiger partial charge >= 0.3 is 0 Å². The molecule has 2 rings (SSSR count). The Balaban J connectivity index is 2.42. The van der Waals surface area contributed by atoms with Crippen LogP contribution in [0.3, 0.4) is 0 Å². The average Bonchev–Trinajstić information content (AvgIpc) is 2.34. The lowest BCUT2D eigenvalue weighted by Gasteiger charge is -2.15. The van der Waals surface area contributed by atoms with E-state index in [-0.39, 0.29) is 4.83 Å². The summed E-state index contributed by atoms with van der Waals surface area (Å²) in [7, 11) is 0. The van der Waals surface area contributed by atoms with E-state index in [4.69, 9.17) is 11.6 Å². The minimum absolute atomic E-state index is 0.123. The lowest BCUT2D eigenvalue weighted by molar-refractivity contribution is 1.15. The first-order valence-electron chi connectivity index (χ1n) is 5.65. The van der Waals surface area contributed by atoms with E-state index >= 15 is 0 Å². The Kier molecular flexibility index (Phi) is 4.52. The third kappa shape index (κ3) is 2.98. The largest absolute Gasteiger partial charge is 0.0840 e. The van der Waals surface area contributed by atoms with Crippen molar-refractivity contribution in [3.05, 3.63) is 68.1 Å². The van der Waals surface area contributed by atoms with E-state index in [1.165, 1.54) is 16.7 Å². The molecule has 0 spiro atoms. The highest BCUT2D eigenvalue weighted by Gasteiger charge is 2.14. The van der Waals surface area contributed by atoms with Gasteiger partial charge in [0.15, 0.2) is 0 Å². The zero-order chi connectivity index (χ0) is 13.3. The molecule has 1 unspecified atom stereocenters. The van der Waals surface area contributed by atoms with E-state index in [0.717, 1.165) is 15.1 Å². The van der Waals surface area contributed by atoms with Crippen LogP contribution < -0.4 is 0 Å². The highest BCUT2D eigenvalue weighted by Crippen LogP contribution is 2.36. The Hall–Kier alpha value is -0.310. The quantitative estimate of drug-likeness (QED) is 0.537. The number of hydrogen-bond acceptors (Lipinski definition) is 0. The summed E-state index contributed by atoms with van der Waals surface area (Å²) in [5.74, 6) is 0. The van der Waals surface area contributed by atoms with Gasteiger partial charge < -0.3 is 0 Å². The molecule has 0 aliphatic heterocycles. The van der Waals surface area contributed by atoms with Crippen molar-refractivity contribution in [1.82, 2.24) is 0 Å². The molecule has 0 aromatic heterocycles. The standard InChI is InChI=1S/C15H13Br2Cl/c1-9-7-13(14(18)8-10(9)2)15(17)11-3-5-12(16)6-4-11/h3-8,15H,1-2H3. The molecule has 0 saturated heterocycles. The van der Waals surface area contributed by atoms with Gasteiger partial charge in [-0.3, -0.25) is 0 Å². The summed E-state index contributed by atoms with van der Waals surface area (Å²) in [6, 6.07) is 12.4. The second kappa shape index (κ2) is 5.77. The molecule has 0 fully saturated rings. The lowest BCUT2D eigenvalue weighted by atomic mass is 10.0. The summed E-state index contributed by atoms with van der Waals surface area (Å²) >= 11 is 13.5. The van der Waals surface area contributed by atoms with Gasteiger partial charge in [0.2, 0.25) is 0 Å². The third-order valence-electron chi connectivity index (χ3n) is 3.05. The van der Waals surface area contributed by atoms with Gasteiger partial charge in [-0.15, -0.1) is 0 Å². The van der Waals surface area contributed by atoms with Gasteiger partial charge in [0.1, 0.15) is 0 Å². The molecule has 0 bridgehead atoms. The van der Waals surface area contributed by atoms with Crippen LogP contribution in [0.1, 0.15) is 27.1 Å². The Bertz CT molecular complexity index is 561. The topological polar surface area (TPSA) is 0 Å². The van der Waals surface area contributed by atoms with Crippen molar-refractivity contribution in [2.45, 2.75) is 18.7 Å². The maximum atomic E-state index is 6.34. The maximum absolute atomic E-state index is 6.34. The fraction of sp³-hybridized carbons (Fsp3) is 0.200. The molecule has 0 aliphatic carbocycles. The molecule has 0 heterocycles. The molecule has 0 nitrogen and oxygen atoms in total. The molecule has 0 N–H and O–H groups in total. The molecule has 94 valence electrons. The highest BCUT2D eigenvalue weighted by molar-refractivity contribution is 9.10. The molecule has 1 atom stereocenters. The zero-order valence-electron chi connectivity index (χ0n) is 10.2. The lowest BCUT2D eigenvalue weighted by Crippen LogP contribution is -1.96. The minimum Gasteiger partial charge on any atom is -0.0840 e. The van der Waals surface area contributed by atoms with Crippen molar-refractivity contribution in [2.75, 3.05) is 0 Å². The fourth-order valence-corrected chi connectivity index (χ4v) is 3.22. The Morgan fingerprint density at radius 2 is 1.56 bits per heavy atom. The second-order valence-corrected chi connectivity index (χ2v) is 6.61. The summed E-state index contributed by atoms with van der Waals surface area (Å²) in [6.07, 6.45) is 0. The second-order valence-electron chi connectivity index (χ2n) is 4.37. The van der Waals surface area contributed by atoms with Crippen LogP contribution >= 0.6 is 43.5 Å². The predicted octanol–water partition coefficient (Wildman–Crippen LogP) is 6.20. The summed E-state index contributed by atoms with van der Waals surface area (Å²) in [6.45, 7) is 4.18. The van der Waals surface area contributed by atoms with E-state index in [1.807, 2.05) is 18.2 Å². The minimum atomic E-state index is 0.123. The average molecular weight is 389 g/mol. The predicted molar refractivity (Wildman–Crippen MR) is 85.8 cm³/mol. The first-order chi connectivity index (χ1) is 8.49. The monoisotopic (exact) mass is 386 g/mol. The molecule has 2 aromatic carbocycles. The normalized spacial score (nSPS) is 12.5. The zero-order valence-corrected chi connectivity index (χ0v) is 14.1. The van der Waals surface area contributed by atoms with Crippen molar-refractivity contribution in [3.63, 3.8) is 0 Å². The molecule has 0 saturated carbocycles. The van der Waals surface area contributed by atoms with Gasteiger partial charge in [-0.2, -0.15) is 0 Å². The summed E-state index contributed by atoms with van der Waals surface area (Å²) in [4.78, 5) is 0.123. The molecule has 18 heavy (non-hydrogen) atoms. The summed E-state index contributed by atoms with van der Waals surface area (Å²) in [5, 5.41) is 0.808. The van der Waals surface area contributed by atoms with Gasteiger partial charge in [0, 0.05) is 9.50 Å². The summed E-state index contributed by atoms with van der Waals surface area (Å²) in [5.41, 5.74) is 4.79. The van der Waals surface area contributed by atoms with Gasteiger partial charge in [0.25, 0.3) is 0 Å². The van der Waals surface area contributed by atoms with Gasteiger partial charge in [-0.05, 0) is 54.3 Å². The molecular formula is C15H13Br2Cl. The van der Waals surface area contributed by atoms with E-state index in [0.29, 0.717) is 0 Å². The first-order valence-corrected chi connectivity index (χ1v) is 7.74. The van der Waals surface area contributed by atoms with Crippen LogP contribution in [-0.4, -0.2) is 0 Å². The Labute approximate surface area is 130 Å². The molecule has 3 heteroatoms. The van der Waals surface area contributed by atoms with Crippen molar-refractivity contribution in [2.24, 2.45) is 0 Å². The highest BCUT2D eigenvalue weighted by atomic mass is 79.9. The van der Waals surface area contributed by atoms with Crippen LogP contribution in [0.15, 0.2) is 40.9 Å². The molecule has 0 amide bonds. The molecule has 0 radical (unpaired) electrons. The number of rotatable bonds is 2. The Morgan fingerprint density at radius 3 is 2.17 bits per heavy atom. The van der Waals surface area contributed by atoms with Crippen LogP contribution in [0.5, 0.6) is 0 Å². The van der Waals surface area contributed by atoms with Crippen molar-refractivity contribution < 1.29 is 0 Å². The van der Waals surface area contributed by atoms with E-state index < -0.39 is 0 Å². The molecular weight excluding hydrogens is 375 g/mol. The first kappa shape index (κ1) is 14.1. The van der Waals surface area contributed by atoms with Crippen LogP contribution in [0.2, 0.25) is 5.02 Å². The van der Waals surface area contributed by atoms with Crippen LogP contribution in [0.25, 0.3) is 0 Å². The van der Waals surface area contributed by atoms with E-state index in [9.17, 15) is 0 Å². The molecule has 2 aromatic rings. The number of hydrogen-bond donors (Lipinski definition) is 0. The molecule has 0 aliphatic rings. The number of benzene rings is 2.